The number of hydrogen-bond donors (Lipinski definition) is 2. The molecule has 2 N–H and O–H groups in total. The number of alkyl halides is 3. The summed E-state index contributed by atoms with van der Waals surface area (Å²) in [5.74, 6) is -0.202. The molecule has 10 heteroatoms. The van der Waals surface area contributed by atoms with Gasteiger partial charge in [0, 0.05) is 19.4 Å². The van der Waals surface area contributed by atoms with Crippen LogP contribution in [0.25, 0.3) is 11.3 Å². The lowest BCUT2D eigenvalue weighted by Crippen LogP contribution is -2.46. The Hall–Kier alpha value is -3.40. The van der Waals surface area contributed by atoms with Crippen molar-refractivity contribution in [3.05, 3.63) is 59.9 Å². The number of halogens is 3. The van der Waals surface area contributed by atoms with Gasteiger partial charge < -0.3 is 15.2 Å². The molecule has 1 aromatic carbocycles. The Kier molecular flexibility index (Phi) is 6.78. The first-order valence-corrected chi connectivity index (χ1v) is 10.2. The summed E-state index contributed by atoms with van der Waals surface area (Å²) in [4.78, 5) is 17.0. The van der Waals surface area contributed by atoms with Crippen LogP contribution in [0.1, 0.15) is 36.7 Å². The predicted molar refractivity (Wildman–Crippen MR) is 116 cm³/mol. The largest absolute Gasteiger partial charge is 0.438 e. The second kappa shape index (κ2) is 9.22. The summed E-state index contributed by atoms with van der Waals surface area (Å²) in [7, 11) is 1.72. The van der Waals surface area contributed by atoms with Crippen molar-refractivity contribution in [2.75, 3.05) is 6.61 Å². The topological polar surface area (TPSA) is 89.3 Å². The molecular weight excluding hydrogens is 437 g/mol. The molecule has 0 fully saturated rings. The Balaban J connectivity index is 1.94. The third-order valence-corrected chi connectivity index (χ3v) is 5.03. The predicted octanol–water partition coefficient (Wildman–Crippen LogP) is 4.43. The van der Waals surface area contributed by atoms with Crippen molar-refractivity contribution in [3.63, 3.8) is 0 Å². The number of benzene rings is 1. The zero-order chi connectivity index (χ0) is 24.4. The van der Waals surface area contributed by atoms with E-state index in [1.54, 1.807) is 30.1 Å². The molecular formula is C23H25F3N4O3. The van der Waals surface area contributed by atoms with Crippen LogP contribution in [-0.4, -0.2) is 38.4 Å². The number of aliphatic hydroxyl groups is 1. The van der Waals surface area contributed by atoms with Crippen molar-refractivity contribution in [2.24, 2.45) is 12.5 Å². The second-order valence-electron chi connectivity index (χ2n) is 8.65. The van der Waals surface area contributed by atoms with Crippen LogP contribution >= 0.6 is 0 Å². The number of hydrogen-bond acceptors (Lipinski definition) is 5. The maximum atomic E-state index is 12.8. The van der Waals surface area contributed by atoms with Crippen molar-refractivity contribution in [1.29, 1.82) is 0 Å². The number of ether oxygens (including phenoxy) is 1. The van der Waals surface area contributed by atoms with Gasteiger partial charge in [0.05, 0.1) is 35.0 Å². The molecule has 0 unspecified atom stereocenters. The van der Waals surface area contributed by atoms with E-state index >= 15 is 0 Å². The van der Waals surface area contributed by atoms with E-state index < -0.39 is 23.7 Å². The summed E-state index contributed by atoms with van der Waals surface area (Å²) < 4.78 is 45.8. The van der Waals surface area contributed by atoms with Gasteiger partial charge in [-0.15, -0.1) is 0 Å². The van der Waals surface area contributed by atoms with Crippen LogP contribution in [-0.2, 0) is 13.2 Å². The lowest BCUT2D eigenvalue weighted by molar-refractivity contribution is -0.137. The number of aliphatic hydroxyl groups excluding tert-OH is 1. The van der Waals surface area contributed by atoms with Crippen LogP contribution in [0.2, 0.25) is 0 Å². The Morgan fingerprint density at radius 1 is 1.18 bits per heavy atom. The van der Waals surface area contributed by atoms with Crippen LogP contribution in [0, 0.1) is 5.41 Å². The van der Waals surface area contributed by atoms with Gasteiger partial charge in [0.2, 0.25) is 5.88 Å². The highest BCUT2D eigenvalue weighted by Crippen LogP contribution is 2.34. The third-order valence-electron chi connectivity index (χ3n) is 5.03. The first kappa shape index (κ1) is 24.2. The normalized spacial score (nSPS) is 13.0. The van der Waals surface area contributed by atoms with Gasteiger partial charge in [0.25, 0.3) is 5.91 Å². The average Bonchev–Trinajstić information content (AvgIpc) is 3.17. The molecule has 1 atom stereocenters. The average molecular weight is 462 g/mol. The van der Waals surface area contributed by atoms with E-state index in [0.717, 1.165) is 12.1 Å². The number of aryl methyl sites for hydroxylation is 1. The van der Waals surface area contributed by atoms with E-state index in [2.05, 4.69) is 15.4 Å². The maximum Gasteiger partial charge on any atom is 0.416 e. The van der Waals surface area contributed by atoms with E-state index in [1.807, 2.05) is 20.8 Å². The van der Waals surface area contributed by atoms with E-state index in [1.165, 1.54) is 18.3 Å². The standard InChI is InChI=1S/C23H25F3N4O3/c1-22(2,3)19(13-31)28-20(32)14-11-17(18-9-10-30(4)29-18)21(27-12-14)33-16-7-5-15(6-8-16)23(24,25)26/h5-12,19,31H,13H2,1-4H3,(H,28,32)/t19-/m0/s1. The van der Waals surface area contributed by atoms with Crippen LogP contribution in [0.15, 0.2) is 48.8 Å². The molecule has 176 valence electrons. The number of nitrogens with zero attached hydrogens (tertiary/aromatic N) is 3. The number of carbonyl (C=O) groups excluding carboxylic acids is 1. The molecule has 0 bridgehead atoms. The Morgan fingerprint density at radius 2 is 1.85 bits per heavy atom. The molecule has 0 radical (unpaired) electrons. The fourth-order valence-corrected chi connectivity index (χ4v) is 3.00. The van der Waals surface area contributed by atoms with Crippen molar-refractivity contribution >= 4 is 5.91 Å². The van der Waals surface area contributed by atoms with Gasteiger partial charge in [-0.2, -0.15) is 18.3 Å². The van der Waals surface area contributed by atoms with Crippen molar-refractivity contribution < 1.29 is 27.8 Å². The summed E-state index contributed by atoms with van der Waals surface area (Å²) in [6, 6.07) is 6.99. The summed E-state index contributed by atoms with van der Waals surface area (Å²) in [6.45, 7) is 5.46. The number of rotatable bonds is 6. The summed E-state index contributed by atoms with van der Waals surface area (Å²) in [5, 5.41) is 16.8. The molecule has 2 aromatic heterocycles. The van der Waals surface area contributed by atoms with E-state index in [4.69, 9.17) is 4.74 Å². The van der Waals surface area contributed by atoms with Gasteiger partial charge >= 0.3 is 6.18 Å². The molecule has 0 saturated heterocycles. The van der Waals surface area contributed by atoms with Gasteiger partial charge in [-0.05, 0) is 41.8 Å². The number of amides is 1. The smallest absolute Gasteiger partial charge is 0.416 e. The minimum Gasteiger partial charge on any atom is -0.438 e. The molecule has 0 saturated carbocycles. The number of nitrogens with one attached hydrogen (secondary N) is 1. The first-order valence-electron chi connectivity index (χ1n) is 10.2. The zero-order valence-electron chi connectivity index (χ0n) is 18.6. The minimum absolute atomic E-state index is 0.0829. The van der Waals surface area contributed by atoms with Crippen LogP contribution in [0.3, 0.4) is 0 Å². The van der Waals surface area contributed by atoms with Crippen molar-refractivity contribution in [2.45, 2.75) is 33.0 Å². The van der Waals surface area contributed by atoms with Gasteiger partial charge in [0.15, 0.2) is 0 Å². The minimum atomic E-state index is -4.45. The molecule has 2 heterocycles. The highest BCUT2D eigenvalue weighted by Gasteiger charge is 2.30. The lowest BCUT2D eigenvalue weighted by Gasteiger charge is -2.29. The number of aromatic nitrogens is 3. The third kappa shape index (κ3) is 5.89. The number of pyridine rings is 1. The van der Waals surface area contributed by atoms with Gasteiger partial charge in [-0.3, -0.25) is 9.48 Å². The summed E-state index contributed by atoms with van der Waals surface area (Å²) in [6.07, 6.45) is -1.45. The Bertz CT molecular complexity index is 1120. The van der Waals surface area contributed by atoms with Crippen LogP contribution < -0.4 is 10.1 Å². The number of carbonyl (C=O) groups is 1. The maximum absolute atomic E-state index is 12.8. The SMILES string of the molecule is Cn1ccc(-c2cc(C(=O)N[C@@H](CO)C(C)(C)C)cnc2Oc2ccc(C(F)(F)F)cc2)n1. The van der Waals surface area contributed by atoms with Crippen LogP contribution in [0.4, 0.5) is 13.2 Å². The van der Waals surface area contributed by atoms with E-state index in [0.29, 0.717) is 11.3 Å². The van der Waals surface area contributed by atoms with E-state index in [9.17, 15) is 23.1 Å². The van der Waals surface area contributed by atoms with Gasteiger partial charge in [-0.25, -0.2) is 4.98 Å². The Labute approximate surface area is 189 Å². The lowest BCUT2D eigenvalue weighted by atomic mass is 9.87. The summed E-state index contributed by atoms with van der Waals surface area (Å²) in [5.41, 5.74) is -0.0847. The van der Waals surface area contributed by atoms with Gasteiger partial charge in [-0.1, -0.05) is 20.8 Å². The molecule has 3 aromatic rings. The highest BCUT2D eigenvalue weighted by molar-refractivity contribution is 5.95. The molecule has 0 aliphatic rings. The zero-order valence-corrected chi connectivity index (χ0v) is 18.6. The monoisotopic (exact) mass is 462 g/mol. The summed E-state index contributed by atoms with van der Waals surface area (Å²) >= 11 is 0. The molecule has 33 heavy (non-hydrogen) atoms. The van der Waals surface area contributed by atoms with Crippen molar-refractivity contribution in [3.8, 4) is 22.9 Å². The van der Waals surface area contributed by atoms with Crippen molar-refractivity contribution in [1.82, 2.24) is 20.1 Å². The molecule has 0 spiro atoms. The highest BCUT2D eigenvalue weighted by atomic mass is 19.4. The molecule has 7 nitrogen and oxygen atoms in total. The second-order valence-corrected chi connectivity index (χ2v) is 8.65. The molecule has 1 amide bonds. The fraction of sp³-hybridized carbons (Fsp3) is 0.348. The van der Waals surface area contributed by atoms with Crippen LogP contribution in [0.5, 0.6) is 11.6 Å². The fourth-order valence-electron chi connectivity index (χ4n) is 3.00. The first-order chi connectivity index (χ1) is 15.4. The van der Waals surface area contributed by atoms with E-state index in [-0.39, 0.29) is 29.2 Å². The van der Waals surface area contributed by atoms with Gasteiger partial charge in [0.1, 0.15) is 5.75 Å². The molecule has 0 aliphatic heterocycles. The Morgan fingerprint density at radius 3 is 2.36 bits per heavy atom. The molecule has 0 aliphatic carbocycles. The quantitative estimate of drug-likeness (QED) is 0.566. The molecule has 3 rings (SSSR count).